The third-order valence-corrected chi connectivity index (χ3v) is 3.48. The molecule has 0 spiro atoms. The van der Waals surface area contributed by atoms with Crippen LogP contribution in [0.4, 0.5) is 0 Å². The zero-order valence-corrected chi connectivity index (χ0v) is 10.6. The van der Waals surface area contributed by atoms with Crippen molar-refractivity contribution in [3.05, 3.63) is 40.2 Å². The SMILES string of the molecule is CC1(C)Oc2c(c3ccccc3oc2=O)[C@@H](O)[C@H]1O. The van der Waals surface area contributed by atoms with Gasteiger partial charge in [-0.2, -0.15) is 0 Å². The molecule has 0 saturated heterocycles. The predicted molar refractivity (Wildman–Crippen MR) is 68.2 cm³/mol. The van der Waals surface area contributed by atoms with Crippen molar-refractivity contribution in [3.8, 4) is 5.75 Å². The van der Waals surface area contributed by atoms with Gasteiger partial charge in [0.15, 0.2) is 0 Å². The monoisotopic (exact) mass is 262 g/mol. The lowest BCUT2D eigenvalue weighted by Gasteiger charge is -2.39. The molecule has 1 aliphatic rings. The topological polar surface area (TPSA) is 79.9 Å². The van der Waals surface area contributed by atoms with Crippen LogP contribution in [0.1, 0.15) is 25.5 Å². The van der Waals surface area contributed by atoms with Crippen molar-refractivity contribution in [2.24, 2.45) is 0 Å². The number of ether oxygens (including phenoxy) is 1. The molecule has 100 valence electrons. The highest BCUT2D eigenvalue weighted by molar-refractivity contribution is 5.83. The van der Waals surface area contributed by atoms with Crippen LogP contribution in [0.25, 0.3) is 11.0 Å². The van der Waals surface area contributed by atoms with Crippen LogP contribution in [0.2, 0.25) is 0 Å². The molecule has 2 aromatic rings. The van der Waals surface area contributed by atoms with Gasteiger partial charge in [0.1, 0.15) is 23.4 Å². The van der Waals surface area contributed by atoms with Crippen molar-refractivity contribution in [1.82, 2.24) is 0 Å². The third-order valence-electron chi connectivity index (χ3n) is 3.48. The summed E-state index contributed by atoms with van der Waals surface area (Å²) in [6.07, 6.45) is -2.31. The molecule has 0 radical (unpaired) electrons. The normalized spacial score (nSPS) is 24.8. The zero-order valence-electron chi connectivity index (χ0n) is 10.6. The fourth-order valence-electron chi connectivity index (χ4n) is 2.41. The number of fused-ring (bicyclic) bond motifs is 3. The fraction of sp³-hybridized carbons (Fsp3) is 0.357. The van der Waals surface area contributed by atoms with Crippen LogP contribution < -0.4 is 10.4 Å². The lowest BCUT2D eigenvalue weighted by molar-refractivity contribution is -0.112. The molecule has 2 heterocycles. The molecule has 1 aromatic carbocycles. The highest BCUT2D eigenvalue weighted by Gasteiger charge is 2.44. The summed E-state index contributed by atoms with van der Waals surface area (Å²) >= 11 is 0. The van der Waals surface area contributed by atoms with Gasteiger partial charge in [0.25, 0.3) is 0 Å². The summed E-state index contributed by atoms with van der Waals surface area (Å²) in [7, 11) is 0. The molecule has 0 bridgehead atoms. The first-order valence-corrected chi connectivity index (χ1v) is 6.03. The van der Waals surface area contributed by atoms with E-state index in [9.17, 15) is 15.0 Å². The van der Waals surface area contributed by atoms with E-state index in [0.717, 1.165) is 0 Å². The van der Waals surface area contributed by atoms with E-state index in [-0.39, 0.29) is 5.75 Å². The Morgan fingerprint density at radius 3 is 2.63 bits per heavy atom. The maximum atomic E-state index is 11.9. The molecule has 1 aromatic heterocycles. The molecule has 0 aliphatic carbocycles. The summed E-state index contributed by atoms with van der Waals surface area (Å²) in [6.45, 7) is 3.22. The van der Waals surface area contributed by atoms with E-state index < -0.39 is 23.4 Å². The van der Waals surface area contributed by atoms with Gasteiger partial charge in [-0.15, -0.1) is 0 Å². The number of aliphatic hydroxyl groups excluding tert-OH is 2. The molecule has 5 nitrogen and oxygen atoms in total. The van der Waals surface area contributed by atoms with Crippen molar-refractivity contribution in [3.63, 3.8) is 0 Å². The summed E-state index contributed by atoms with van der Waals surface area (Å²) in [4.78, 5) is 11.9. The lowest BCUT2D eigenvalue weighted by atomic mass is 9.87. The van der Waals surface area contributed by atoms with Crippen molar-refractivity contribution in [2.45, 2.75) is 31.7 Å². The zero-order chi connectivity index (χ0) is 13.8. The average molecular weight is 262 g/mol. The lowest BCUT2D eigenvalue weighted by Crippen LogP contribution is -2.50. The second-order valence-electron chi connectivity index (χ2n) is 5.22. The number of hydrogen-bond donors (Lipinski definition) is 2. The van der Waals surface area contributed by atoms with Crippen LogP contribution >= 0.6 is 0 Å². The summed E-state index contributed by atoms with van der Waals surface area (Å²) in [5.41, 5.74) is -1.05. The first-order chi connectivity index (χ1) is 8.92. The maximum absolute atomic E-state index is 11.9. The first-order valence-electron chi connectivity index (χ1n) is 6.03. The molecule has 0 fully saturated rings. The van der Waals surface area contributed by atoms with Crippen molar-refractivity contribution < 1.29 is 19.4 Å². The van der Waals surface area contributed by atoms with E-state index in [1.165, 1.54) is 0 Å². The van der Waals surface area contributed by atoms with Gasteiger partial charge < -0.3 is 19.4 Å². The quantitative estimate of drug-likeness (QED) is 0.701. The molecule has 5 heteroatoms. The van der Waals surface area contributed by atoms with Crippen LogP contribution in [0.15, 0.2) is 33.5 Å². The summed E-state index contributed by atoms with van der Waals surface area (Å²) in [5, 5.41) is 20.9. The van der Waals surface area contributed by atoms with Gasteiger partial charge in [0.05, 0.1) is 0 Å². The Balaban J connectivity index is 2.39. The minimum Gasteiger partial charge on any atom is -0.477 e. The molecule has 2 atom stereocenters. The Morgan fingerprint density at radius 2 is 1.89 bits per heavy atom. The van der Waals surface area contributed by atoms with Gasteiger partial charge in [-0.25, -0.2) is 4.79 Å². The van der Waals surface area contributed by atoms with Crippen molar-refractivity contribution in [2.75, 3.05) is 0 Å². The fourth-order valence-corrected chi connectivity index (χ4v) is 2.41. The predicted octanol–water partition coefficient (Wildman–Crippen LogP) is 1.36. The summed E-state index contributed by atoms with van der Waals surface area (Å²) in [5.74, 6) is -0.0264. The minimum atomic E-state index is -1.19. The van der Waals surface area contributed by atoms with Crippen LogP contribution in [-0.2, 0) is 0 Å². The van der Waals surface area contributed by atoms with E-state index in [1.54, 1.807) is 38.1 Å². The Hall–Kier alpha value is -1.85. The van der Waals surface area contributed by atoms with E-state index in [1.807, 2.05) is 0 Å². The van der Waals surface area contributed by atoms with Gasteiger partial charge in [0, 0.05) is 10.9 Å². The van der Waals surface area contributed by atoms with Crippen LogP contribution in [0.3, 0.4) is 0 Å². The summed E-state index contributed by atoms with van der Waals surface area (Å²) < 4.78 is 10.7. The van der Waals surface area contributed by atoms with Crippen LogP contribution in [0.5, 0.6) is 5.75 Å². The van der Waals surface area contributed by atoms with E-state index >= 15 is 0 Å². The van der Waals surface area contributed by atoms with Gasteiger partial charge in [-0.1, -0.05) is 18.2 Å². The number of aliphatic hydroxyl groups is 2. The highest BCUT2D eigenvalue weighted by Crippen LogP contribution is 2.41. The maximum Gasteiger partial charge on any atom is 0.379 e. The number of benzene rings is 1. The van der Waals surface area contributed by atoms with Gasteiger partial charge in [-0.05, 0) is 19.9 Å². The Bertz CT molecular complexity index is 701. The molecular weight excluding hydrogens is 248 g/mol. The first kappa shape index (κ1) is 12.2. The highest BCUT2D eigenvalue weighted by atomic mass is 16.5. The van der Waals surface area contributed by atoms with Crippen molar-refractivity contribution in [1.29, 1.82) is 0 Å². The Labute approximate surface area is 109 Å². The van der Waals surface area contributed by atoms with Gasteiger partial charge >= 0.3 is 5.63 Å². The molecule has 0 amide bonds. The smallest absolute Gasteiger partial charge is 0.379 e. The molecular formula is C14H14O5. The minimum absolute atomic E-state index is 0.0264. The molecule has 1 aliphatic heterocycles. The molecule has 0 saturated carbocycles. The number of rotatable bonds is 0. The van der Waals surface area contributed by atoms with Crippen LogP contribution in [-0.4, -0.2) is 21.9 Å². The average Bonchev–Trinajstić information content (AvgIpc) is 2.36. The van der Waals surface area contributed by atoms with Crippen molar-refractivity contribution >= 4 is 11.0 Å². The Kier molecular flexibility index (Phi) is 2.45. The molecule has 0 unspecified atom stereocenters. The standard InChI is InChI=1S/C14H14O5/c1-14(2)12(16)10(15)9-7-5-3-4-6-8(7)18-13(17)11(9)19-14/h3-6,10,12,15-16H,1-2H3/t10-,12-/m1/s1. The van der Waals surface area contributed by atoms with E-state index in [2.05, 4.69) is 0 Å². The third kappa shape index (κ3) is 1.66. The second kappa shape index (κ2) is 3.82. The number of para-hydroxylation sites is 1. The number of hydrogen-bond acceptors (Lipinski definition) is 5. The molecule has 2 N–H and O–H groups in total. The summed E-state index contributed by atoms with van der Waals surface area (Å²) in [6, 6.07) is 6.85. The van der Waals surface area contributed by atoms with Gasteiger partial charge in [0.2, 0.25) is 5.75 Å². The van der Waals surface area contributed by atoms with E-state index in [0.29, 0.717) is 16.5 Å². The largest absolute Gasteiger partial charge is 0.477 e. The molecule has 19 heavy (non-hydrogen) atoms. The van der Waals surface area contributed by atoms with Gasteiger partial charge in [-0.3, -0.25) is 0 Å². The Morgan fingerprint density at radius 1 is 1.21 bits per heavy atom. The van der Waals surface area contributed by atoms with Crippen LogP contribution in [0, 0.1) is 0 Å². The van der Waals surface area contributed by atoms with E-state index in [4.69, 9.17) is 9.15 Å². The molecule has 3 rings (SSSR count). The second-order valence-corrected chi connectivity index (χ2v) is 5.22.